The number of carbonyl (C=O) groups is 2. The number of Topliss-reactive ketones (excluding diaryl/α,β-unsaturated/α-hetero) is 1. The average molecular weight is 456 g/mol. The summed E-state index contributed by atoms with van der Waals surface area (Å²) < 4.78 is 46.0. The summed E-state index contributed by atoms with van der Waals surface area (Å²) in [5.41, 5.74) is 0.148. The van der Waals surface area contributed by atoms with Gasteiger partial charge in [0.2, 0.25) is 15.9 Å². The van der Waals surface area contributed by atoms with E-state index in [1.54, 1.807) is 6.92 Å². The highest BCUT2D eigenvalue weighted by Crippen LogP contribution is 2.52. The molecule has 1 saturated heterocycles. The lowest BCUT2D eigenvalue weighted by atomic mass is 9.83. The number of ketones is 1. The normalized spacial score (nSPS) is 26.6. The van der Waals surface area contributed by atoms with E-state index in [-0.39, 0.29) is 23.5 Å². The van der Waals surface area contributed by atoms with Crippen molar-refractivity contribution in [3.63, 3.8) is 0 Å². The van der Waals surface area contributed by atoms with E-state index in [1.807, 2.05) is 20.8 Å². The first kappa shape index (κ1) is 22.6. The number of primary sulfonamides is 1. The van der Waals surface area contributed by atoms with Crippen molar-refractivity contribution in [2.75, 3.05) is 11.9 Å². The second-order valence-corrected chi connectivity index (χ2v) is 11.9. The lowest BCUT2D eigenvalue weighted by molar-refractivity contribution is -0.125. The molecule has 0 aromatic heterocycles. The van der Waals surface area contributed by atoms with E-state index in [0.717, 1.165) is 0 Å². The molecule has 1 fully saturated rings. The number of benzene rings is 1. The lowest BCUT2D eigenvalue weighted by Crippen LogP contribution is -2.41. The maximum Gasteiger partial charge on any atom is 0.348 e. The molecule has 2 unspecified atom stereocenters. The first-order chi connectivity index (χ1) is 13.7. The van der Waals surface area contributed by atoms with Crippen LogP contribution in [0.4, 0.5) is 5.69 Å². The number of sulfonamides is 1. The van der Waals surface area contributed by atoms with Gasteiger partial charge in [0, 0.05) is 0 Å². The minimum atomic E-state index is -3.86. The predicted molar refractivity (Wildman–Crippen MR) is 113 cm³/mol. The van der Waals surface area contributed by atoms with Crippen LogP contribution in [0.25, 0.3) is 0 Å². The van der Waals surface area contributed by atoms with E-state index in [2.05, 4.69) is 15.4 Å². The van der Waals surface area contributed by atoms with Gasteiger partial charge < -0.3 is 15.2 Å². The highest BCUT2D eigenvalue weighted by molar-refractivity contribution is 7.88. The van der Waals surface area contributed by atoms with E-state index >= 15 is 0 Å². The van der Waals surface area contributed by atoms with Gasteiger partial charge in [-0.1, -0.05) is 26.8 Å². The van der Waals surface area contributed by atoms with Gasteiger partial charge >= 0.3 is 7.52 Å². The third-order valence-electron chi connectivity index (χ3n) is 4.80. The smallest absolute Gasteiger partial charge is 0.345 e. The van der Waals surface area contributed by atoms with E-state index in [0.29, 0.717) is 11.3 Å². The van der Waals surface area contributed by atoms with Crippen molar-refractivity contribution in [1.82, 2.24) is 5.32 Å². The molecule has 1 aromatic carbocycles. The Balaban J connectivity index is 2.05. The number of nitrogens with one attached hydrogen (secondary N) is 2. The molecule has 0 saturated carbocycles. The fourth-order valence-electron chi connectivity index (χ4n) is 3.50. The fraction of sp³-hybridized carbons (Fsp3) is 0.500. The molecule has 0 radical (unpaired) electrons. The van der Waals surface area contributed by atoms with Crippen LogP contribution in [0.1, 0.15) is 33.3 Å². The Labute approximate surface area is 175 Å². The first-order valence-electron chi connectivity index (χ1n) is 9.35. The molecule has 1 aromatic rings. The van der Waals surface area contributed by atoms with Crippen LogP contribution in [0.15, 0.2) is 23.0 Å². The molecule has 30 heavy (non-hydrogen) atoms. The third kappa shape index (κ3) is 4.34. The number of nitrogens with zero attached hydrogens (tertiary/aromatic N) is 1. The van der Waals surface area contributed by atoms with E-state index in [1.165, 1.54) is 18.2 Å². The summed E-state index contributed by atoms with van der Waals surface area (Å²) in [4.78, 5) is 25.5. The van der Waals surface area contributed by atoms with Crippen molar-refractivity contribution in [3.05, 3.63) is 23.8 Å². The van der Waals surface area contributed by atoms with Crippen LogP contribution in [0.5, 0.6) is 0 Å². The second-order valence-electron chi connectivity index (χ2n) is 8.35. The summed E-state index contributed by atoms with van der Waals surface area (Å²) in [6.07, 6.45) is 0. The van der Waals surface area contributed by atoms with Crippen LogP contribution in [0.2, 0.25) is 0 Å². The molecule has 3 rings (SSSR count). The van der Waals surface area contributed by atoms with Crippen LogP contribution in [-0.2, 0) is 34.5 Å². The number of hydrogen-bond acceptors (Lipinski definition) is 7. The molecule has 0 bridgehead atoms. The monoisotopic (exact) mass is 456 g/mol. The number of nitrogens with two attached hydrogens (primary N) is 1. The van der Waals surface area contributed by atoms with Crippen LogP contribution < -0.4 is 21.1 Å². The average Bonchev–Trinajstić information content (AvgIpc) is 2.89. The number of fused-ring (bicyclic) bond motifs is 1. The van der Waals surface area contributed by atoms with Crippen LogP contribution in [0, 0.1) is 11.3 Å². The fourth-order valence-corrected chi connectivity index (χ4v) is 6.01. The highest BCUT2D eigenvalue weighted by atomic mass is 32.2. The van der Waals surface area contributed by atoms with E-state index in [4.69, 9.17) is 9.66 Å². The van der Waals surface area contributed by atoms with Crippen LogP contribution >= 0.6 is 7.52 Å². The molecule has 3 atom stereocenters. The summed E-state index contributed by atoms with van der Waals surface area (Å²) >= 11 is 0. The largest absolute Gasteiger partial charge is 0.348 e. The number of amidine groups is 1. The Morgan fingerprint density at radius 1 is 1.27 bits per heavy atom. The van der Waals surface area contributed by atoms with Crippen molar-refractivity contribution in [2.45, 2.75) is 39.5 Å². The molecule has 1 amide bonds. The number of anilines is 1. The summed E-state index contributed by atoms with van der Waals surface area (Å²) in [6, 6.07) is 3.71. The molecule has 2 heterocycles. The molecular formula is C18H25N4O6PS. The molecule has 10 nitrogen and oxygen atoms in total. The number of amides is 1. The summed E-state index contributed by atoms with van der Waals surface area (Å²) in [5, 5.41) is 10.9. The van der Waals surface area contributed by atoms with Gasteiger partial charge in [0.05, 0.1) is 29.4 Å². The van der Waals surface area contributed by atoms with Crippen LogP contribution in [0.3, 0.4) is 0 Å². The van der Waals surface area contributed by atoms with Crippen molar-refractivity contribution in [1.29, 1.82) is 0 Å². The van der Waals surface area contributed by atoms with Gasteiger partial charge in [0.25, 0.3) is 0 Å². The summed E-state index contributed by atoms with van der Waals surface area (Å²) in [6.45, 7) is 7.20. The molecule has 4 N–H and O–H groups in total. The lowest BCUT2D eigenvalue weighted by Gasteiger charge is -2.27. The standard InChI is InChI=1S/C18H25N4O6PS/c1-5-28-29(25)12-8-10(9-30(19,26)27)6-7-11(12)20-16(22-29)13-14(23)15(18(2,3)4)21-17(13)24/h6-8,13,15H,5,9H2,1-4H3,(H,21,24)(H2,19,26,27)(H,20,22,25)/t13?,15-,29?/m1/s1. The van der Waals surface area contributed by atoms with Crippen LogP contribution in [-0.4, -0.2) is 38.6 Å². The number of hydrogen-bond donors (Lipinski definition) is 3. The Morgan fingerprint density at radius 2 is 1.93 bits per heavy atom. The second kappa shape index (κ2) is 7.56. The molecule has 2 aliphatic rings. The quantitative estimate of drug-likeness (QED) is 0.438. The minimum absolute atomic E-state index is 0.0484. The number of carbonyl (C=O) groups excluding carboxylic acids is 2. The predicted octanol–water partition coefficient (Wildman–Crippen LogP) is 0.884. The topological polar surface area (TPSA) is 157 Å². The van der Waals surface area contributed by atoms with Crippen molar-refractivity contribution in [3.8, 4) is 0 Å². The summed E-state index contributed by atoms with van der Waals surface area (Å²) in [5.74, 6) is -2.62. The molecule has 2 aliphatic heterocycles. The van der Waals surface area contributed by atoms with Gasteiger partial charge in [-0.05, 0) is 30.0 Å². The van der Waals surface area contributed by atoms with Gasteiger partial charge in [-0.3, -0.25) is 14.2 Å². The maximum absolute atomic E-state index is 13.6. The molecule has 164 valence electrons. The van der Waals surface area contributed by atoms with Gasteiger partial charge in [-0.25, -0.2) is 13.6 Å². The third-order valence-corrected chi connectivity index (χ3v) is 7.60. The highest BCUT2D eigenvalue weighted by Gasteiger charge is 2.50. The van der Waals surface area contributed by atoms with Crippen molar-refractivity contribution < 1.29 is 27.1 Å². The van der Waals surface area contributed by atoms with Gasteiger partial charge in [-0.2, -0.15) is 4.76 Å². The summed E-state index contributed by atoms with van der Waals surface area (Å²) in [7, 11) is -7.66. The molecule has 12 heteroatoms. The van der Waals surface area contributed by atoms with Gasteiger partial charge in [0.1, 0.15) is 5.84 Å². The SMILES string of the molecule is CCOP1(=O)N=C(C2C(=O)N[C@@H](C(C)(C)C)C2=O)Nc2ccc(CS(N)(=O)=O)cc21. The molecule has 0 aliphatic carbocycles. The Morgan fingerprint density at radius 3 is 2.47 bits per heavy atom. The molecule has 0 spiro atoms. The zero-order valence-corrected chi connectivity index (χ0v) is 18.8. The maximum atomic E-state index is 13.6. The zero-order chi connectivity index (χ0) is 22.5. The zero-order valence-electron chi connectivity index (χ0n) is 17.1. The van der Waals surface area contributed by atoms with E-state index < -0.39 is 46.6 Å². The Bertz CT molecular complexity index is 1090. The Hall–Kier alpha value is -2.07. The Kier molecular flexibility index (Phi) is 5.70. The first-order valence-corrected chi connectivity index (χ1v) is 12.6. The number of rotatable bonds is 5. The van der Waals surface area contributed by atoms with Crippen molar-refractivity contribution in [2.24, 2.45) is 21.2 Å². The van der Waals surface area contributed by atoms with Crippen molar-refractivity contribution >= 4 is 46.1 Å². The van der Waals surface area contributed by atoms with Gasteiger partial charge in [-0.15, -0.1) is 0 Å². The van der Waals surface area contributed by atoms with E-state index in [9.17, 15) is 22.6 Å². The minimum Gasteiger partial charge on any atom is -0.345 e. The van der Waals surface area contributed by atoms with Gasteiger partial charge in [0.15, 0.2) is 11.7 Å². The molecular weight excluding hydrogens is 431 g/mol.